The molecule has 2 aromatic rings. The predicted molar refractivity (Wildman–Crippen MR) is 92.7 cm³/mol. The molecule has 0 spiro atoms. The van der Waals surface area contributed by atoms with Crippen LogP contribution in [-0.2, 0) is 6.54 Å². The van der Waals surface area contributed by atoms with E-state index in [2.05, 4.69) is 10.4 Å². The van der Waals surface area contributed by atoms with Crippen molar-refractivity contribution < 1.29 is 14.3 Å². The van der Waals surface area contributed by atoms with Gasteiger partial charge in [-0.2, -0.15) is 5.10 Å². The number of carbonyl (C=O) groups is 1. The fraction of sp³-hybridized carbons (Fsp3) is 0.444. The van der Waals surface area contributed by atoms with Gasteiger partial charge in [-0.1, -0.05) is 0 Å². The summed E-state index contributed by atoms with van der Waals surface area (Å²) in [5, 5.41) is 7.15. The molecule has 0 bridgehead atoms. The standard InChI is InChI=1S/C18H25N3O3/c1-4-23-16-8-7-15(13-17(16)24-5-2)18(22)19-10-6-12-21-14(3)9-11-20-21/h7-9,11,13H,4-6,10,12H2,1-3H3,(H,19,22). The van der Waals surface area contributed by atoms with Gasteiger partial charge in [-0.15, -0.1) is 0 Å². The second-order valence-corrected chi connectivity index (χ2v) is 5.33. The molecule has 0 saturated heterocycles. The van der Waals surface area contributed by atoms with Crippen LogP contribution in [0.5, 0.6) is 11.5 Å². The number of aromatic nitrogens is 2. The van der Waals surface area contributed by atoms with Crippen LogP contribution in [0.3, 0.4) is 0 Å². The Kier molecular flexibility index (Phi) is 6.66. The van der Waals surface area contributed by atoms with Crippen molar-refractivity contribution in [2.75, 3.05) is 19.8 Å². The van der Waals surface area contributed by atoms with Gasteiger partial charge in [0.1, 0.15) is 0 Å². The molecule has 1 N–H and O–H groups in total. The molecule has 6 nitrogen and oxygen atoms in total. The normalized spacial score (nSPS) is 10.5. The number of rotatable bonds is 9. The molecule has 130 valence electrons. The Morgan fingerprint density at radius 1 is 1.17 bits per heavy atom. The number of hydrogen-bond acceptors (Lipinski definition) is 4. The van der Waals surface area contributed by atoms with E-state index in [9.17, 15) is 4.79 Å². The van der Waals surface area contributed by atoms with Crippen LogP contribution in [0.15, 0.2) is 30.5 Å². The lowest BCUT2D eigenvalue weighted by Crippen LogP contribution is -2.25. The summed E-state index contributed by atoms with van der Waals surface area (Å²) in [5.41, 5.74) is 1.69. The minimum Gasteiger partial charge on any atom is -0.490 e. The summed E-state index contributed by atoms with van der Waals surface area (Å²) in [7, 11) is 0. The maximum atomic E-state index is 12.3. The van der Waals surface area contributed by atoms with E-state index in [1.165, 1.54) is 0 Å². The van der Waals surface area contributed by atoms with E-state index >= 15 is 0 Å². The summed E-state index contributed by atoms with van der Waals surface area (Å²) in [6.07, 6.45) is 2.60. The van der Waals surface area contributed by atoms with E-state index in [1.807, 2.05) is 31.5 Å². The highest BCUT2D eigenvalue weighted by atomic mass is 16.5. The van der Waals surface area contributed by atoms with Crippen LogP contribution in [0.2, 0.25) is 0 Å². The van der Waals surface area contributed by atoms with Crippen LogP contribution < -0.4 is 14.8 Å². The van der Waals surface area contributed by atoms with E-state index in [1.54, 1.807) is 24.4 Å². The molecule has 6 heteroatoms. The van der Waals surface area contributed by atoms with Crippen LogP contribution in [-0.4, -0.2) is 35.4 Å². The van der Waals surface area contributed by atoms with Gasteiger partial charge < -0.3 is 14.8 Å². The van der Waals surface area contributed by atoms with Crippen molar-refractivity contribution in [1.82, 2.24) is 15.1 Å². The SMILES string of the molecule is CCOc1ccc(C(=O)NCCCn2nccc2C)cc1OCC. The predicted octanol–water partition coefficient (Wildman–Crippen LogP) is 2.81. The van der Waals surface area contributed by atoms with Crippen LogP contribution >= 0.6 is 0 Å². The van der Waals surface area contributed by atoms with E-state index in [0.717, 1.165) is 18.7 Å². The molecule has 0 atom stereocenters. The van der Waals surface area contributed by atoms with Gasteiger partial charge >= 0.3 is 0 Å². The highest BCUT2D eigenvalue weighted by Gasteiger charge is 2.11. The largest absolute Gasteiger partial charge is 0.490 e. The van der Waals surface area contributed by atoms with Crippen molar-refractivity contribution in [3.8, 4) is 11.5 Å². The topological polar surface area (TPSA) is 65.4 Å². The molecule has 0 saturated carbocycles. The molecule has 0 aliphatic rings. The summed E-state index contributed by atoms with van der Waals surface area (Å²) in [6.45, 7) is 8.28. The van der Waals surface area contributed by atoms with Crippen LogP contribution in [0.1, 0.15) is 36.3 Å². The Morgan fingerprint density at radius 3 is 2.58 bits per heavy atom. The number of aryl methyl sites for hydroxylation is 2. The molecule has 0 aliphatic carbocycles. The summed E-state index contributed by atoms with van der Waals surface area (Å²) < 4.78 is 13.0. The zero-order valence-electron chi connectivity index (χ0n) is 14.5. The first-order valence-corrected chi connectivity index (χ1v) is 8.32. The maximum absolute atomic E-state index is 12.3. The quantitative estimate of drug-likeness (QED) is 0.718. The summed E-state index contributed by atoms with van der Waals surface area (Å²) >= 11 is 0. The van der Waals surface area contributed by atoms with Gasteiger partial charge in [0.2, 0.25) is 0 Å². The minimum atomic E-state index is -0.115. The van der Waals surface area contributed by atoms with Crippen molar-refractivity contribution >= 4 is 5.91 Å². The number of ether oxygens (including phenoxy) is 2. The Morgan fingerprint density at radius 2 is 1.92 bits per heavy atom. The second kappa shape index (κ2) is 8.96. The van der Waals surface area contributed by atoms with Crippen molar-refractivity contribution in [2.45, 2.75) is 33.7 Å². The van der Waals surface area contributed by atoms with Gasteiger partial charge in [0, 0.05) is 30.5 Å². The molecular weight excluding hydrogens is 306 g/mol. The molecule has 0 fully saturated rings. The third kappa shape index (κ3) is 4.75. The Bertz CT molecular complexity index is 667. The van der Waals surface area contributed by atoms with E-state index in [0.29, 0.717) is 36.8 Å². The fourth-order valence-electron chi connectivity index (χ4n) is 2.36. The molecule has 24 heavy (non-hydrogen) atoms. The molecule has 1 heterocycles. The highest BCUT2D eigenvalue weighted by molar-refractivity contribution is 5.94. The Labute approximate surface area is 142 Å². The van der Waals surface area contributed by atoms with E-state index < -0.39 is 0 Å². The lowest BCUT2D eigenvalue weighted by molar-refractivity contribution is 0.0952. The van der Waals surface area contributed by atoms with Gasteiger partial charge in [-0.3, -0.25) is 9.48 Å². The average Bonchev–Trinajstić information content (AvgIpc) is 2.98. The molecule has 0 radical (unpaired) electrons. The van der Waals surface area contributed by atoms with Gasteiger partial charge in [0.25, 0.3) is 5.91 Å². The summed E-state index contributed by atoms with van der Waals surface area (Å²) in [4.78, 5) is 12.3. The van der Waals surface area contributed by atoms with Gasteiger partial charge in [-0.25, -0.2) is 0 Å². The van der Waals surface area contributed by atoms with Gasteiger partial charge in [0.15, 0.2) is 11.5 Å². The maximum Gasteiger partial charge on any atom is 0.251 e. The number of amides is 1. The summed E-state index contributed by atoms with van der Waals surface area (Å²) in [6, 6.07) is 7.21. The molecule has 1 amide bonds. The Hall–Kier alpha value is -2.50. The minimum absolute atomic E-state index is 0.115. The van der Waals surface area contributed by atoms with Gasteiger partial charge in [0.05, 0.1) is 13.2 Å². The number of hydrogen-bond donors (Lipinski definition) is 1. The second-order valence-electron chi connectivity index (χ2n) is 5.33. The van der Waals surface area contributed by atoms with Gasteiger partial charge in [-0.05, 0) is 51.5 Å². The first kappa shape index (κ1) is 17.8. The number of carbonyl (C=O) groups excluding carboxylic acids is 1. The molecule has 1 aromatic carbocycles. The van der Waals surface area contributed by atoms with Crippen LogP contribution in [0.4, 0.5) is 0 Å². The number of benzene rings is 1. The Balaban J connectivity index is 1.89. The zero-order chi connectivity index (χ0) is 17.4. The first-order valence-electron chi connectivity index (χ1n) is 8.32. The molecular formula is C18H25N3O3. The zero-order valence-corrected chi connectivity index (χ0v) is 14.5. The number of nitrogens with one attached hydrogen (secondary N) is 1. The fourth-order valence-corrected chi connectivity index (χ4v) is 2.36. The molecule has 2 rings (SSSR count). The van der Waals surface area contributed by atoms with Crippen LogP contribution in [0, 0.1) is 6.92 Å². The van der Waals surface area contributed by atoms with E-state index in [-0.39, 0.29) is 5.91 Å². The van der Waals surface area contributed by atoms with Crippen molar-refractivity contribution in [2.24, 2.45) is 0 Å². The van der Waals surface area contributed by atoms with Crippen LogP contribution in [0.25, 0.3) is 0 Å². The third-order valence-electron chi connectivity index (χ3n) is 3.57. The lowest BCUT2D eigenvalue weighted by atomic mass is 10.2. The molecule has 0 aliphatic heterocycles. The highest BCUT2D eigenvalue weighted by Crippen LogP contribution is 2.28. The monoisotopic (exact) mass is 331 g/mol. The lowest BCUT2D eigenvalue weighted by Gasteiger charge is -2.12. The third-order valence-corrected chi connectivity index (χ3v) is 3.57. The smallest absolute Gasteiger partial charge is 0.251 e. The first-order chi connectivity index (χ1) is 11.7. The molecule has 1 aromatic heterocycles. The van der Waals surface area contributed by atoms with Crippen molar-refractivity contribution in [3.63, 3.8) is 0 Å². The van der Waals surface area contributed by atoms with Crippen molar-refractivity contribution in [1.29, 1.82) is 0 Å². The van der Waals surface area contributed by atoms with Crippen molar-refractivity contribution in [3.05, 3.63) is 41.7 Å². The number of nitrogens with zero attached hydrogens (tertiary/aromatic N) is 2. The van der Waals surface area contributed by atoms with E-state index in [4.69, 9.17) is 9.47 Å². The molecule has 0 unspecified atom stereocenters. The average molecular weight is 331 g/mol. The summed E-state index contributed by atoms with van der Waals surface area (Å²) in [5.74, 6) is 1.14.